The third kappa shape index (κ3) is 2.42. The van der Waals surface area contributed by atoms with Crippen molar-refractivity contribution in [1.29, 1.82) is 0 Å². The molecule has 0 fully saturated rings. The summed E-state index contributed by atoms with van der Waals surface area (Å²) in [5.74, 6) is 0.702. The predicted octanol–water partition coefficient (Wildman–Crippen LogP) is 1.55. The minimum atomic E-state index is -0.243. The molecule has 2 aromatic rings. The summed E-state index contributed by atoms with van der Waals surface area (Å²) in [4.78, 5) is 5.09. The molecular weight excluding hydrogens is 236 g/mol. The highest BCUT2D eigenvalue weighted by molar-refractivity contribution is 7.05. The minimum Gasteiger partial charge on any atom is -0.495 e. The molecule has 1 unspecified atom stereocenters. The molecule has 0 amide bonds. The molecule has 0 bridgehead atoms. The van der Waals surface area contributed by atoms with Gasteiger partial charge >= 0.3 is 0 Å². The number of aryl methyl sites for hydroxylation is 1. The number of methoxy groups -OCH3 is 1. The summed E-state index contributed by atoms with van der Waals surface area (Å²) in [6.45, 7) is 2.04. The van der Waals surface area contributed by atoms with Gasteiger partial charge in [-0.25, -0.2) is 0 Å². The summed E-state index contributed by atoms with van der Waals surface area (Å²) in [7, 11) is 1.61. The van der Waals surface area contributed by atoms with Gasteiger partial charge in [-0.1, -0.05) is 11.4 Å². The van der Waals surface area contributed by atoms with Crippen LogP contribution in [0.15, 0.2) is 18.5 Å². The van der Waals surface area contributed by atoms with E-state index >= 15 is 0 Å². The molecule has 90 valence electrons. The van der Waals surface area contributed by atoms with Gasteiger partial charge < -0.3 is 10.5 Å². The maximum Gasteiger partial charge on any atom is 0.137 e. The Morgan fingerprint density at radius 3 is 3.00 bits per heavy atom. The van der Waals surface area contributed by atoms with Gasteiger partial charge in [-0.05, 0) is 29.6 Å². The van der Waals surface area contributed by atoms with Gasteiger partial charge in [0.15, 0.2) is 0 Å². The van der Waals surface area contributed by atoms with E-state index in [1.807, 2.05) is 13.0 Å². The smallest absolute Gasteiger partial charge is 0.137 e. The molecule has 0 aliphatic carbocycles. The van der Waals surface area contributed by atoms with Crippen LogP contribution in [0, 0.1) is 0 Å². The Bertz CT molecular complexity index is 500. The van der Waals surface area contributed by atoms with Crippen LogP contribution in [0.25, 0.3) is 0 Å². The maximum absolute atomic E-state index is 6.20. The molecule has 0 spiro atoms. The summed E-state index contributed by atoms with van der Waals surface area (Å²) in [5, 5.41) is 4.06. The zero-order valence-corrected chi connectivity index (χ0v) is 10.6. The van der Waals surface area contributed by atoms with Crippen LogP contribution >= 0.6 is 11.5 Å². The third-order valence-corrected chi connectivity index (χ3v) is 3.38. The Hall–Kier alpha value is -1.53. The lowest BCUT2D eigenvalue weighted by Gasteiger charge is -2.11. The van der Waals surface area contributed by atoms with Crippen molar-refractivity contribution in [1.82, 2.24) is 14.6 Å². The average molecular weight is 250 g/mol. The normalized spacial score (nSPS) is 12.4. The zero-order chi connectivity index (χ0) is 12.3. The molecule has 6 heteroatoms. The lowest BCUT2D eigenvalue weighted by atomic mass is 10.1. The molecule has 5 nitrogen and oxygen atoms in total. The van der Waals surface area contributed by atoms with E-state index in [1.165, 1.54) is 11.5 Å². The molecule has 0 aliphatic heterocycles. The van der Waals surface area contributed by atoms with Crippen LogP contribution in [0.2, 0.25) is 0 Å². The Kier molecular flexibility index (Phi) is 3.65. The SMILES string of the molecule is CCc1nnsc1C(N)c1cncc(OC)c1. The number of hydrogen-bond acceptors (Lipinski definition) is 6. The number of rotatable bonds is 4. The molecule has 0 saturated heterocycles. The van der Waals surface area contributed by atoms with Crippen molar-refractivity contribution in [2.24, 2.45) is 5.73 Å². The molecular formula is C11H14N4OS. The lowest BCUT2D eigenvalue weighted by molar-refractivity contribution is 0.412. The molecule has 0 aliphatic rings. The summed E-state index contributed by atoms with van der Waals surface area (Å²) in [5.41, 5.74) is 8.05. The number of aromatic nitrogens is 3. The Morgan fingerprint density at radius 1 is 1.47 bits per heavy atom. The minimum absolute atomic E-state index is 0.243. The molecule has 2 aromatic heterocycles. The Labute approximate surface area is 104 Å². The van der Waals surface area contributed by atoms with Crippen LogP contribution in [0.4, 0.5) is 0 Å². The topological polar surface area (TPSA) is 73.9 Å². The van der Waals surface area contributed by atoms with E-state index in [1.54, 1.807) is 19.5 Å². The van der Waals surface area contributed by atoms with Crippen LogP contribution in [0.1, 0.15) is 29.1 Å². The monoisotopic (exact) mass is 250 g/mol. The first-order valence-electron chi connectivity index (χ1n) is 5.32. The summed E-state index contributed by atoms with van der Waals surface area (Å²) < 4.78 is 9.08. The Balaban J connectivity index is 2.33. The van der Waals surface area contributed by atoms with E-state index in [-0.39, 0.29) is 6.04 Å². The fraction of sp³-hybridized carbons (Fsp3) is 0.364. The van der Waals surface area contributed by atoms with Gasteiger partial charge in [-0.15, -0.1) is 5.10 Å². The van der Waals surface area contributed by atoms with Gasteiger partial charge in [0.1, 0.15) is 5.75 Å². The predicted molar refractivity (Wildman–Crippen MR) is 66.1 cm³/mol. The van der Waals surface area contributed by atoms with Gasteiger partial charge in [0.25, 0.3) is 0 Å². The first-order chi connectivity index (χ1) is 8.26. The van der Waals surface area contributed by atoms with Crippen molar-refractivity contribution in [2.75, 3.05) is 7.11 Å². The van der Waals surface area contributed by atoms with Crippen LogP contribution in [-0.4, -0.2) is 21.7 Å². The van der Waals surface area contributed by atoms with Crippen molar-refractivity contribution >= 4 is 11.5 Å². The van der Waals surface area contributed by atoms with E-state index < -0.39 is 0 Å². The molecule has 0 saturated carbocycles. The maximum atomic E-state index is 6.20. The first-order valence-corrected chi connectivity index (χ1v) is 6.09. The molecule has 1 atom stereocenters. The van der Waals surface area contributed by atoms with Crippen molar-refractivity contribution in [2.45, 2.75) is 19.4 Å². The van der Waals surface area contributed by atoms with Crippen molar-refractivity contribution in [3.8, 4) is 5.75 Å². The van der Waals surface area contributed by atoms with E-state index in [0.29, 0.717) is 5.75 Å². The second kappa shape index (κ2) is 5.20. The lowest BCUT2D eigenvalue weighted by Crippen LogP contribution is -2.12. The van der Waals surface area contributed by atoms with Gasteiger partial charge in [0.05, 0.1) is 29.9 Å². The average Bonchev–Trinajstić information content (AvgIpc) is 2.86. The van der Waals surface area contributed by atoms with Gasteiger partial charge in [-0.2, -0.15) is 0 Å². The van der Waals surface area contributed by atoms with Crippen molar-refractivity contribution in [3.05, 3.63) is 34.6 Å². The second-order valence-corrected chi connectivity index (χ2v) is 4.36. The fourth-order valence-corrected chi connectivity index (χ4v) is 2.33. The standard InChI is InChI=1S/C11H14N4OS/c1-3-9-11(17-15-14-9)10(12)7-4-8(16-2)6-13-5-7/h4-6,10H,3,12H2,1-2H3. The van der Waals surface area contributed by atoms with Crippen molar-refractivity contribution < 1.29 is 4.74 Å². The highest BCUT2D eigenvalue weighted by Gasteiger charge is 2.17. The highest BCUT2D eigenvalue weighted by atomic mass is 32.1. The Morgan fingerprint density at radius 2 is 2.29 bits per heavy atom. The molecule has 17 heavy (non-hydrogen) atoms. The molecule has 2 rings (SSSR count). The second-order valence-electron chi connectivity index (χ2n) is 3.57. The molecule has 0 aromatic carbocycles. The highest BCUT2D eigenvalue weighted by Crippen LogP contribution is 2.26. The van der Waals surface area contributed by atoms with E-state index in [9.17, 15) is 0 Å². The van der Waals surface area contributed by atoms with Gasteiger partial charge in [0.2, 0.25) is 0 Å². The summed E-state index contributed by atoms with van der Waals surface area (Å²) >= 11 is 1.34. The third-order valence-electron chi connectivity index (χ3n) is 2.53. The first kappa shape index (κ1) is 11.9. The molecule has 0 radical (unpaired) electrons. The molecule has 2 N–H and O–H groups in total. The van der Waals surface area contributed by atoms with Crippen molar-refractivity contribution in [3.63, 3.8) is 0 Å². The summed E-state index contributed by atoms with van der Waals surface area (Å²) in [6, 6.07) is 1.64. The number of ether oxygens (including phenoxy) is 1. The largest absolute Gasteiger partial charge is 0.495 e. The zero-order valence-electron chi connectivity index (χ0n) is 9.75. The van der Waals surface area contributed by atoms with E-state index in [2.05, 4.69) is 14.6 Å². The van der Waals surface area contributed by atoms with E-state index in [0.717, 1.165) is 22.6 Å². The number of pyridine rings is 1. The number of nitrogens with two attached hydrogens (primary N) is 1. The fourth-order valence-electron chi connectivity index (χ4n) is 1.57. The van der Waals surface area contributed by atoms with Crippen LogP contribution in [0.3, 0.4) is 0 Å². The number of nitrogens with zero attached hydrogens (tertiary/aromatic N) is 3. The van der Waals surface area contributed by atoms with Gasteiger partial charge in [-0.3, -0.25) is 4.98 Å². The van der Waals surface area contributed by atoms with Gasteiger partial charge in [0, 0.05) is 6.20 Å². The summed E-state index contributed by atoms with van der Waals surface area (Å²) in [6.07, 6.45) is 4.23. The quantitative estimate of drug-likeness (QED) is 0.891. The van der Waals surface area contributed by atoms with Crippen LogP contribution in [0.5, 0.6) is 5.75 Å². The van der Waals surface area contributed by atoms with E-state index in [4.69, 9.17) is 10.5 Å². The molecule has 2 heterocycles. The van der Waals surface area contributed by atoms with Crippen LogP contribution < -0.4 is 10.5 Å². The van der Waals surface area contributed by atoms with Crippen LogP contribution in [-0.2, 0) is 6.42 Å². The number of hydrogen-bond donors (Lipinski definition) is 1.